The van der Waals surface area contributed by atoms with Gasteiger partial charge in [0.2, 0.25) is 0 Å². The lowest BCUT2D eigenvalue weighted by Gasteiger charge is -2.18. The summed E-state index contributed by atoms with van der Waals surface area (Å²) in [6, 6.07) is 0. The maximum Gasteiger partial charge on any atom is 0.0881 e. The lowest BCUT2D eigenvalue weighted by atomic mass is 9.89. The zero-order valence-corrected chi connectivity index (χ0v) is 9.34. The molecule has 0 aliphatic rings. The van der Waals surface area contributed by atoms with E-state index >= 15 is 0 Å². The molecule has 13 heavy (non-hydrogen) atoms. The van der Waals surface area contributed by atoms with Gasteiger partial charge in [-0.1, -0.05) is 46.6 Å². The van der Waals surface area contributed by atoms with Crippen LogP contribution in [0.15, 0.2) is 12.3 Å². The summed E-state index contributed by atoms with van der Waals surface area (Å²) in [5, 5.41) is 9.29. The van der Waals surface area contributed by atoms with Gasteiger partial charge in [-0.3, -0.25) is 0 Å². The van der Waals surface area contributed by atoms with E-state index in [0.29, 0.717) is 17.6 Å². The van der Waals surface area contributed by atoms with Gasteiger partial charge in [-0.05, 0) is 18.8 Å². The van der Waals surface area contributed by atoms with Crippen molar-refractivity contribution < 1.29 is 5.11 Å². The molecule has 1 nitrogen and oxygen atoms in total. The van der Waals surface area contributed by atoms with Crippen molar-refractivity contribution in [3.63, 3.8) is 0 Å². The molecule has 0 amide bonds. The molecule has 0 fully saturated rings. The first-order valence-electron chi connectivity index (χ1n) is 5.49. The molecule has 0 heterocycles. The van der Waals surface area contributed by atoms with Gasteiger partial charge in [0.05, 0.1) is 5.76 Å². The molecule has 0 aromatic rings. The summed E-state index contributed by atoms with van der Waals surface area (Å²) in [4.78, 5) is 0. The second-order valence-corrected chi connectivity index (χ2v) is 4.08. The Balaban J connectivity index is 3.73. The average Bonchev–Trinajstić information content (AvgIpc) is 2.10. The molecule has 0 aromatic carbocycles. The van der Waals surface area contributed by atoms with Crippen molar-refractivity contribution in [3.05, 3.63) is 12.3 Å². The lowest BCUT2D eigenvalue weighted by Crippen LogP contribution is -2.07. The Morgan fingerprint density at radius 2 is 2.00 bits per heavy atom. The molecule has 78 valence electrons. The molecule has 1 unspecified atom stereocenters. The first kappa shape index (κ1) is 12.5. The number of aliphatic hydroxyl groups is 1. The van der Waals surface area contributed by atoms with E-state index in [0.717, 1.165) is 12.8 Å². The summed E-state index contributed by atoms with van der Waals surface area (Å²) in [6.45, 7) is 10.2. The van der Waals surface area contributed by atoms with Gasteiger partial charge in [-0.15, -0.1) is 0 Å². The van der Waals surface area contributed by atoms with Gasteiger partial charge in [0.1, 0.15) is 0 Å². The molecule has 0 aromatic heterocycles. The van der Waals surface area contributed by atoms with Crippen molar-refractivity contribution in [1.29, 1.82) is 0 Å². The smallest absolute Gasteiger partial charge is 0.0881 e. The minimum Gasteiger partial charge on any atom is -0.513 e. The number of rotatable bonds is 7. The van der Waals surface area contributed by atoms with Crippen LogP contribution in [0.4, 0.5) is 0 Å². The van der Waals surface area contributed by atoms with Crippen LogP contribution < -0.4 is 0 Å². The van der Waals surface area contributed by atoms with Gasteiger partial charge < -0.3 is 5.11 Å². The zero-order chi connectivity index (χ0) is 10.3. The third kappa shape index (κ3) is 5.73. The molecule has 1 N–H and O–H groups in total. The molecule has 0 saturated carbocycles. The van der Waals surface area contributed by atoms with Gasteiger partial charge in [0.15, 0.2) is 0 Å². The van der Waals surface area contributed by atoms with Crippen molar-refractivity contribution in [2.45, 2.75) is 52.9 Å². The van der Waals surface area contributed by atoms with Gasteiger partial charge in [-0.2, -0.15) is 0 Å². The second-order valence-electron chi connectivity index (χ2n) is 4.08. The average molecular weight is 184 g/mol. The van der Waals surface area contributed by atoms with Gasteiger partial charge >= 0.3 is 0 Å². The maximum atomic E-state index is 9.29. The van der Waals surface area contributed by atoms with Crippen molar-refractivity contribution in [3.8, 4) is 0 Å². The normalized spacial score (nSPS) is 15.3. The van der Waals surface area contributed by atoms with Crippen LogP contribution in [0, 0.1) is 11.8 Å². The highest BCUT2D eigenvalue weighted by Gasteiger charge is 2.13. The van der Waals surface area contributed by atoms with Crippen LogP contribution >= 0.6 is 0 Å². The van der Waals surface area contributed by atoms with E-state index < -0.39 is 0 Å². The Hall–Kier alpha value is -0.460. The van der Waals surface area contributed by atoms with Crippen LogP contribution in [0.2, 0.25) is 0 Å². The molecular formula is C12H24O. The van der Waals surface area contributed by atoms with Gasteiger partial charge in [0.25, 0.3) is 0 Å². The largest absolute Gasteiger partial charge is 0.513 e. The lowest BCUT2D eigenvalue weighted by molar-refractivity contribution is 0.283. The van der Waals surface area contributed by atoms with E-state index in [1.807, 2.05) is 0 Å². The summed E-state index contributed by atoms with van der Waals surface area (Å²) < 4.78 is 0. The van der Waals surface area contributed by atoms with Crippen LogP contribution in [-0.2, 0) is 0 Å². The third-order valence-electron chi connectivity index (χ3n) is 2.70. The Kier molecular flexibility index (Phi) is 6.75. The van der Waals surface area contributed by atoms with Crippen molar-refractivity contribution in [2.75, 3.05) is 0 Å². The minimum atomic E-state index is 0.312. The Morgan fingerprint density at radius 1 is 1.38 bits per heavy atom. The summed E-state index contributed by atoms with van der Waals surface area (Å²) >= 11 is 0. The van der Waals surface area contributed by atoms with Crippen LogP contribution in [0.3, 0.4) is 0 Å². The first-order chi connectivity index (χ1) is 6.11. The van der Waals surface area contributed by atoms with Crippen LogP contribution in [0.25, 0.3) is 0 Å². The monoisotopic (exact) mass is 184 g/mol. The SMILES string of the molecule is C=C(O)[C@H](CC)CC(C)CCCC. The highest BCUT2D eigenvalue weighted by molar-refractivity contribution is 4.88. The molecule has 0 aliphatic carbocycles. The van der Waals surface area contributed by atoms with Gasteiger partial charge in [0, 0.05) is 5.92 Å². The van der Waals surface area contributed by atoms with E-state index in [1.54, 1.807) is 0 Å². The second kappa shape index (κ2) is 6.99. The van der Waals surface area contributed by atoms with Crippen molar-refractivity contribution in [1.82, 2.24) is 0 Å². The summed E-state index contributed by atoms with van der Waals surface area (Å²) in [6.07, 6.45) is 5.94. The van der Waals surface area contributed by atoms with Crippen molar-refractivity contribution >= 4 is 0 Å². The Bertz CT molecular complexity index is 140. The number of hydrogen-bond acceptors (Lipinski definition) is 1. The molecule has 2 atom stereocenters. The third-order valence-corrected chi connectivity index (χ3v) is 2.70. The summed E-state index contributed by atoms with van der Waals surface area (Å²) in [5.41, 5.74) is 0. The highest BCUT2D eigenvalue weighted by Crippen LogP contribution is 2.23. The van der Waals surface area contributed by atoms with Crippen LogP contribution in [0.5, 0.6) is 0 Å². The standard InChI is InChI=1S/C12H24O/c1-5-7-8-10(3)9-12(6-2)11(4)13/h10,12-13H,4-9H2,1-3H3/t10?,12-/m1/s1. The highest BCUT2D eigenvalue weighted by atomic mass is 16.3. The Morgan fingerprint density at radius 3 is 2.38 bits per heavy atom. The molecule has 0 rings (SSSR count). The summed E-state index contributed by atoms with van der Waals surface area (Å²) in [7, 11) is 0. The predicted molar refractivity (Wildman–Crippen MR) is 58.9 cm³/mol. The van der Waals surface area contributed by atoms with E-state index in [4.69, 9.17) is 0 Å². The van der Waals surface area contributed by atoms with E-state index in [2.05, 4.69) is 27.4 Å². The van der Waals surface area contributed by atoms with Crippen LogP contribution in [0.1, 0.15) is 52.9 Å². The number of hydrogen-bond donors (Lipinski definition) is 1. The van der Waals surface area contributed by atoms with E-state index in [1.165, 1.54) is 19.3 Å². The Labute approximate surface area is 82.9 Å². The topological polar surface area (TPSA) is 20.2 Å². The molecule has 0 aliphatic heterocycles. The molecule has 0 bridgehead atoms. The van der Waals surface area contributed by atoms with Crippen molar-refractivity contribution in [2.24, 2.45) is 11.8 Å². The number of aliphatic hydroxyl groups excluding tert-OH is 1. The van der Waals surface area contributed by atoms with E-state index in [9.17, 15) is 5.11 Å². The summed E-state index contributed by atoms with van der Waals surface area (Å²) in [5.74, 6) is 1.39. The zero-order valence-electron chi connectivity index (χ0n) is 9.34. The van der Waals surface area contributed by atoms with E-state index in [-0.39, 0.29) is 0 Å². The number of allylic oxidation sites excluding steroid dienone is 1. The minimum absolute atomic E-state index is 0.312. The maximum absolute atomic E-state index is 9.29. The first-order valence-corrected chi connectivity index (χ1v) is 5.49. The predicted octanol–water partition coefficient (Wildman–Crippen LogP) is 4.30. The quantitative estimate of drug-likeness (QED) is 0.585. The molecular weight excluding hydrogens is 160 g/mol. The van der Waals surface area contributed by atoms with Crippen LogP contribution in [-0.4, -0.2) is 5.11 Å². The van der Waals surface area contributed by atoms with Gasteiger partial charge in [-0.25, -0.2) is 0 Å². The molecule has 1 heteroatoms. The molecule has 0 radical (unpaired) electrons. The fourth-order valence-corrected chi connectivity index (χ4v) is 1.69. The molecule has 0 saturated heterocycles. The molecule has 0 spiro atoms. The fourth-order valence-electron chi connectivity index (χ4n) is 1.69. The fraction of sp³-hybridized carbons (Fsp3) is 0.833. The number of unbranched alkanes of at least 4 members (excludes halogenated alkanes) is 1.